The highest BCUT2D eigenvalue weighted by molar-refractivity contribution is 6.00. The number of aromatic nitrogens is 5. The van der Waals surface area contributed by atoms with Gasteiger partial charge in [-0.1, -0.05) is 42.5 Å². The number of methoxy groups -OCH3 is 1. The van der Waals surface area contributed by atoms with Crippen LogP contribution >= 0.6 is 0 Å². The van der Waals surface area contributed by atoms with Crippen LogP contribution in [0.25, 0.3) is 11.3 Å². The van der Waals surface area contributed by atoms with Gasteiger partial charge in [0.2, 0.25) is 0 Å². The Balaban J connectivity index is 1.41. The molecule has 2 aromatic carbocycles. The third kappa shape index (κ3) is 4.82. The number of nitrogens with zero attached hydrogens (tertiary/aromatic N) is 6. The molecule has 4 aromatic rings. The largest absolute Gasteiger partial charge is 0.497 e. The first kappa shape index (κ1) is 22.8. The van der Waals surface area contributed by atoms with E-state index in [4.69, 9.17) is 9.84 Å². The molecular formula is C27H30N6O2. The standard InChI is InChI=1S/C27H30N6O2/c1-3-31-19-28-29-26(31)21-12-14-32(15-13-21)27(34)24-18-33(17-20-8-5-4-6-9-20)30-25(24)22-10-7-11-23(16-22)35-2/h4-11,16,18-19,21H,3,12-15,17H2,1-2H3. The highest BCUT2D eigenvalue weighted by atomic mass is 16.5. The molecule has 1 aliphatic heterocycles. The summed E-state index contributed by atoms with van der Waals surface area (Å²) in [4.78, 5) is 15.7. The van der Waals surface area contributed by atoms with Gasteiger partial charge in [0.05, 0.1) is 19.2 Å². The van der Waals surface area contributed by atoms with Crippen molar-refractivity contribution >= 4 is 5.91 Å². The smallest absolute Gasteiger partial charge is 0.257 e. The maximum atomic E-state index is 13.7. The zero-order chi connectivity index (χ0) is 24.2. The molecule has 8 heteroatoms. The predicted molar refractivity (Wildman–Crippen MR) is 133 cm³/mol. The second kappa shape index (κ2) is 10.1. The Labute approximate surface area is 205 Å². The molecule has 0 atom stereocenters. The Hall–Kier alpha value is -3.94. The Bertz CT molecular complexity index is 1290. The number of piperidine rings is 1. The summed E-state index contributed by atoms with van der Waals surface area (Å²) in [6, 6.07) is 17.9. The highest BCUT2D eigenvalue weighted by Gasteiger charge is 2.29. The number of aryl methyl sites for hydroxylation is 1. The lowest BCUT2D eigenvalue weighted by atomic mass is 9.95. The summed E-state index contributed by atoms with van der Waals surface area (Å²) in [7, 11) is 1.64. The van der Waals surface area contributed by atoms with Crippen LogP contribution in [-0.4, -0.2) is 55.6 Å². The Morgan fingerprint density at radius 2 is 1.89 bits per heavy atom. The molecule has 0 N–H and O–H groups in total. The number of carbonyl (C=O) groups excluding carboxylic acids is 1. The maximum absolute atomic E-state index is 13.7. The number of benzene rings is 2. The molecule has 35 heavy (non-hydrogen) atoms. The summed E-state index contributed by atoms with van der Waals surface area (Å²) in [5.41, 5.74) is 3.29. The van der Waals surface area contributed by atoms with Crippen molar-refractivity contribution in [2.75, 3.05) is 20.2 Å². The van der Waals surface area contributed by atoms with Crippen molar-refractivity contribution in [1.82, 2.24) is 29.4 Å². The number of hydrogen-bond donors (Lipinski definition) is 0. The van der Waals surface area contributed by atoms with Gasteiger partial charge in [0.1, 0.15) is 23.6 Å². The van der Waals surface area contributed by atoms with Crippen molar-refractivity contribution in [2.24, 2.45) is 0 Å². The molecule has 0 radical (unpaired) electrons. The van der Waals surface area contributed by atoms with E-state index in [9.17, 15) is 4.79 Å². The summed E-state index contributed by atoms with van der Waals surface area (Å²) in [6.45, 7) is 4.91. The van der Waals surface area contributed by atoms with E-state index in [2.05, 4.69) is 33.8 Å². The molecule has 180 valence electrons. The lowest BCUT2D eigenvalue weighted by Gasteiger charge is -2.31. The van der Waals surface area contributed by atoms with Crippen LogP contribution in [0.1, 0.15) is 47.4 Å². The van der Waals surface area contributed by atoms with Gasteiger partial charge in [0, 0.05) is 37.3 Å². The second-order valence-corrected chi connectivity index (χ2v) is 8.85. The van der Waals surface area contributed by atoms with E-state index in [1.54, 1.807) is 13.4 Å². The lowest BCUT2D eigenvalue weighted by molar-refractivity contribution is 0.0711. The molecule has 5 rings (SSSR count). The first-order valence-electron chi connectivity index (χ1n) is 12.1. The third-order valence-electron chi connectivity index (χ3n) is 6.66. The highest BCUT2D eigenvalue weighted by Crippen LogP contribution is 2.30. The Kier molecular flexibility index (Phi) is 6.61. The van der Waals surface area contributed by atoms with Crippen LogP contribution in [0.4, 0.5) is 0 Å². The zero-order valence-corrected chi connectivity index (χ0v) is 20.2. The van der Waals surface area contributed by atoms with Crippen LogP contribution in [0, 0.1) is 0 Å². The lowest BCUT2D eigenvalue weighted by Crippen LogP contribution is -2.38. The normalized spacial score (nSPS) is 14.3. The average Bonchev–Trinajstić information content (AvgIpc) is 3.56. The fourth-order valence-corrected chi connectivity index (χ4v) is 4.75. The molecule has 2 aromatic heterocycles. The van der Waals surface area contributed by atoms with Crippen LogP contribution in [0.2, 0.25) is 0 Å². The van der Waals surface area contributed by atoms with Gasteiger partial charge in [-0.2, -0.15) is 5.10 Å². The molecule has 8 nitrogen and oxygen atoms in total. The van der Waals surface area contributed by atoms with E-state index < -0.39 is 0 Å². The topological polar surface area (TPSA) is 78.1 Å². The van der Waals surface area contributed by atoms with E-state index in [-0.39, 0.29) is 5.91 Å². The summed E-state index contributed by atoms with van der Waals surface area (Å²) in [5, 5.41) is 13.3. The van der Waals surface area contributed by atoms with Crippen LogP contribution in [0.3, 0.4) is 0 Å². The quantitative estimate of drug-likeness (QED) is 0.404. The average molecular weight is 471 g/mol. The SMILES string of the molecule is CCn1cnnc1C1CCN(C(=O)c2cn(Cc3ccccc3)nc2-c2cccc(OC)c2)CC1. The number of hydrogen-bond acceptors (Lipinski definition) is 5. The minimum absolute atomic E-state index is 0.0116. The molecule has 0 bridgehead atoms. The maximum Gasteiger partial charge on any atom is 0.257 e. The van der Waals surface area contributed by atoms with E-state index in [1.165, 1.54) is 0 Å². The molecule has 1 amide bonds. The molecule has 1 aliphatic rings. The molecule has 0 unspecified atom stereocenters. The summed E-state index contributed by atoms with van der Waals surface area (Å²) < 4.78 is 9.37. The van der Waals surface area contributed by atoms with Crippen LogP contribution in [-0.2, 0) is 13.1 Å². The molecule has 0 saturated carbocycles. The first-order valence-corrected chi connectivity index (χ1v) is 12.1. The van der Waals surface area contributed by atoms with Crippen molar-refractivity contribution in [2.45, 2.75) is 38.8 Å². The molecule has 1 saturated heterocycles. The van der Waals surface area contributed by atoms with Crippen LogP contribution in [0.15, 0.2) is 67.1 Å². The Morgan fingerprint density at radius 1 is 1.09 bits per heavy atom. The number of likely N-dealkylation sites (tertiary alicyclic amines) is 1. The number of amides is 1. The second-order valence-electron chi connectivity index (χ2n) is 8.85. The van der Waals surface area contributed by atoms with Gasteiger partial charge in [0.25, 0.3) is 5.91 Å². The fourth-order valence-electron chi connectivity index (χ4n) is 4.75. The van der Waals surface area contributed by atoms with Crippen LogP contribution < -0.4 is 4.74 Å². The van der Waals surface area contributed by atoms with Gasteiger partial charge in [-0.25, -0.2) is 0 Å². The van der Waals surface area contributed by atoms with Crippen molar-refractivity contribution < 1.29 is 9.53 Å². The molecule has 0 aliphatic carbocycles. The monoisotopic (exact) mass is 470 g/mol. The minimum atomic E-state index is 0.0116. The van der Waals surface area contributed by atoms with Crippen molar-refractivity contribution in [3.8, 4) is 17.0 Å². The van der Waals surface area contributed by atoms with Crippen molar-refractivity contribution in [3.63, 3.8) is 0 Å². The molecular weight excluding hydrogens is 440 g/mol. The van der Waals surface area contributed by atoms with E-state index >= 15 is 0 Å². The molecule has 1 fully saturated rings. The van der Waals surface area contributed by atoms with Gasteiger partial charge in [-0.15, -0.1) is 10.2 Å². The van der Waals surface area contributed by atoms with Gasteiger partial charge >= 0.3 is 0 Å². The number of carbonyl (C=O) groups is 1. The molecule has 3 heterocycles. The fraction of sp³-hybridized carbons (Fsp3) is 0.333. The van der Waals surface area contributed by atoms with Gasteiger partial charge in [-0.3, -0.25) is 9.48 Å². The third-order valence-corrected chi connectivity index (χ3v) is 6.66. The predicted octanol–water partition coefficient (Wildman–Crippen LogP) is 4.24. The zero-order valence-electron chi connectivity index (χ0n) is 20.2. The summed E-state index contributed by atoms with van der Waals surface area (Å²) in [6.07, 6.45) is 5.41. The van der Waals surface area contributed by atoms with Crippen LogP contribution in [0.5, 0.6) is 5.75 Å². The van der Waals surface area contributed by atoms with Gasteiger partial charge < -0.3 is 14.2 Å². The molecule has 0 spiro atoms. The van der Waals surface area contributed by atoms with E-state index in [0.29, 0.717) is 36.8 Å². The van der Waals surface area contributed by atoms with E-state index in [1.807, 2.05) is 58.2 Å². The number of ether oxygens (including phenoxy) is 1. The van der Waals surface area contributed by atoms with Crippen molar-refractivity contribution in [1.29, 1.82) is 0 Å². The van der Waals surface area contributed by atoms with E-state index in [0.717, 1.165) is 42.1 Å². The first-order chi connectivity index (χ1) is 17.2. The summed E-state index contributed by atoms with van der Waals surface area (Å²) in [5.74, 6) is 2.09. The van der Waals surface area contributed by atoms with Crippen molar-refractivity contribution in [3.05, 3.63) is 84.1 Å². The minimum Gasteiger partial charge on any atom is -0.497 e. The Morgan fingerprint density at radius 3 is 2.63 bits per heavy atom. The van der Waals surface area contributed by atoms with Gasteiger partial charge in [-0.05, 0) is 37.5 Å². The summed E-state index contributed by atoms with van der Waals surface area (Å²) >= 11 is 0. The van der Waals surface area contributed by atoms with Gasteiger partial charge in [0.15, 0.2) is 0 Å². The number of rotatable bonds is 7.